The SMILES string of the molecule is CCCNC(=NC)N1CCC(CSc2ccccc2)C1.I. The van der Waals surface area contributed by atoms with E-state index in [2.05, 4.69) is 52.5 Å². The molecule has 3 nitrogen and oxygen atoms in total. The van der Waals surface area contributed by atoms with Gasteiger partial charge in [-0.15, -0.1) is 35.7 Å². The summed E-state index contributed by atoms with van der Waals surface area (Å²) in [7, 11) is 1.88. The molecule has 0 saturated carbocycles. The number of likely N-dealkylation sites (tertiary alicyclic amines) is 1. The lowest BCUT2D eigenvalue weighted by Crippen LogP contribution is -2.40. The molecule has 0 bridgehead atoms. The lowest BCUT2D eigenvalue weighted by molar-refractivity contribution is 0.474. The van der Waals surface area contributed by atoms with Crippen molar-refractivity contribution in [2.75, 3.05) is 32.4 Å². The molecule has 1 fully saturated rings. The van der Waals surface area contributed by atoms with Crippen LogP contribution in [0.3, 0.4) is 0 Å². The van der Waals surface area contributed by atoms with Gasteiger partial charge in [-0.25, -0.2) is 0 Å². The summed E-state index contributed by atoms with van der Waals surface area (Å²) in [6, 6.07) is 10.7. The molecule has 0 aromatic heterocycles. The Morgan fingerprint density at radius 2 is 2.14 bits per heavy atom. The van der Waals surface area contributed by atoms with Crippen LogP contribution in [0.15, 0.2) is 40.2 Å². The molecule has 1 aromatic carbocycles. The molecule has 1 aliphatic heterocycles. The zero-order valence-corrected chi connectivity index (χ0v) is 16.1. The van der Waals surface area contributed by atoms with Gasteiger partial charge in [-0.2, -0.15) is 0 Å². The molecule has 2 rings (SSSR count). The number of benzene rings is 1. The summed E-state index contributed by atoms with van der Waals surface area (Å²) in [5, 5.41) is 3.42. The first-order chi connectivity index (χ1) is 9.83. The van der Waals surface area contributed by atoms with Crippen molar-refractivity contribution in [3.8, 4) is 0 Å². The molecule has 1 N–H and O–H groups in total. The van der Waals surface area contributed by atoms with Crippen LogP contribution in [-0.2, 0) is 0 Å². The Kier molecular flexibility index (Phi) is 9.15. The number of rotatable bonds is 5. The van der Waals surface area contributed by atoms with Crippen molar-refractivity contribution >= 4 is 41.7 Å². The molecule has 118 valence electrons. The molecular formula is C16H26IN3S. The summed E-state index contributed by atoms with van der Waals surface area (Å²) in [6.45, 7) is 5.45. The minimum atomic E-state index is 0. The molecule has 5 heteroatoms. The molecule has 0 aliphatic carbocycles. The molecule has 0 radical (unpaired) electrons. The highest BCUT2D eigenvalue weighted by Crippen LogP contribution is 2.25. The molecule has 1 saturated heterocycles. The average molecular weight is 419 g/mol. The van der Waals surface area contributed by atoms with E-state index < -0.39 is 0 Å². The minimum absolute atomic E-state index is 0. The van der Waals surface area contributed by atoms with Gasteiger partial charge in [0.05, 0.1) is 0 Å². The average Bonchev–Trinajstić information content (AvgIpc) is 2.96. The molecule has 0 amide bonds. The van der Waals surface area contributed by atoms with Crippen LogP contribution in [0.4, 0.5) is 0 Å². The van der Waals surface area contributed by atoms with Crippen LogP contribution in [0.25, 0.3) is 0 Å². The van der Waals surface area contributed by atoms with Crippen LogP contribution in [-0.4, -0.2) is 43.3 Å². The number of aliphatic imine (C=N–C) groups is 1. The molecule has 1 aliphatic rings. The highest BCUT2D eigenvalue weighted by Gasteiger charge is 2.24. The predicted molar refractivity (Wildman–Crippen MR) is 104 cm³/mol. The number of guanidine groups is 1. The summed E-state index contributed by atoms with van der Waals surface area (Å²) in [6.07, 6.45) is 2.41. The number of nitrogens with zero attached hydrogens (tertiary/aromatic N) is 2. The Morgan fingerprint density at radius 3 is 2.81 bits per heavy atom. The third kappa shape index (κ3) is 6.06. The number of hydrogen-bond donors (Lipinski definition) is 1. The second-order valence-electron chi connectivity index (χ2n) is 5.20. The maximum Gasteiger partial charge on any atom is 0.193 e. The second kappa shape index (κ2) is 10.3. The van der Waals surface area contributed by atoms with E-state index in [0.717, 1.165) is 37.9 Å². The Balaban J connectivity index is 0.00000220. The summed E-state index contributed by atoms with van der Waals surface area (Å²) in [5.41, 5.74) is 0. The second-order valence-corrected chi connectivity index (χ2v) is 6.29. The van der Waals surface area contributed by atoms with Crippen molar-refractivity contribution in [3.05, 3.63) is 30.3 Å². The van der Waals surface area contributed by atoms with Gasteiger partial charge in [0.1, 0.15) is 0 Å². The number of hydrogen-bond acceptors (Lipinski definition) is 2. The van der Waals surface area contributed by atoms with Crippen LogP contribution in [0.1, 0.15) is 19.8 Å². The van der Waals surface area contributed by atoms with Crippen molar-refractivity contribution < 1.29 is 0 Å². The van der Waals surface area contributed by atoms with Crippen LogP contribution >= 0.6 is 35.7 Å². The van der Waals surface area contributed by atoms with Crippen molar-refractivity contribution in [2.24, 2.45) is 10.9 Å². The van der Waals surface area contributed by atoms with E-state index in [-0.39, 0.29) is 24.0 Å². The summed E-state index contributed by atoms with van der Waals surface area (Å²) in [5.74, 6) is 3.03. The normalized spacial score (nSPS) is 18.5. The van der Waals surface area contributed by atoms with E-state index in [0.29, 0.717) is 0 Å². The zero-order chi connectivity index (χ0) is 14.2. The van der Waals surface area contributed by atoms with Gasteiger partial charge in [0.15, 0.2) is 5.96 Å². The highest BCUT2D eigenvalue weighted by atomic mass is 127. The topological polar surface area (TPSA) is 27.6 Å². The minimum Gasteiger partial charge on any atom is -0.356 e. The van der Waals surface area contributed by atoms with Gasteiger partial charge >= 0.3 is 0 Å². The molecule has 1 atom stereocenters. The van der Waals surface area contributed by atoms with E-state index in [1.165, 1.54) is 17.1 Å². The fourth-order valence-electron chi connectivity index (χ4n) is 2.46. The van der Waals surface area contributed by atoms with Crippen LogP contribution < -0.4 is 5.32 Å². The third-order valence-electron chi connectivity index (χ3n) is 3.56. The molecule has 1 unspecified atom stereocenters. The lowest BCUT2D eigenvalue weighted by Gasteiger charge is -2.21. The van der Waals surface area contributed by atoms with Gasteiger partial charge < -0.3 is 10.2 Å². The molecule has 0 spiro atoms. The molecule has 1 heterocycles. The Labute approximate surface area is 150 Å². The maximum absolute atomic E-state index is 4.38. The van der Waals surface area contributed by atoms with Crippen molar-refractivity contribution in [3.63, 3.8) is 0 Å². The third-order valence-corrected chi connectivity index (χ3v) is 4.80. The molecular weight excluding hydrogens is 393 g/mol. The first-order valence-corrected chi connectivity index (χ1v) is 8.45. The Hall–Kier alpha value is -0.430. The first-order valence-electron chi connectivity index (χ1n) is 7.47. The monoisotopic (exact) mass is 419 g/mol. The van der Waals surface area contributed by atoms with Crippen LogP contribution in [0, 0.1) is 5.92 Å². The first kappa shape index (κ1) is 18.6. The largest absolute Gasteiger partial charge is 0.356 e. The van der Waals surface area contributed by atoms with Gasteiger partial charge in [0, 0.05) is 37.3 Å². The zero-order valence-electron chi connectivity index (χ0n) is 12.9. The van der Waals surface area contributed by atoms with Crippen LogP contribution in [0.2, 0.25) is 0 Å². The summed E-state index contributed by atoms with van der Waals surface area (Å²) in [4.78, 5) is 8.15. The molecule has 1 aromatic rings. The Bertz CT molecular complexity index is 425. The van der Waals surface area contributed by atoms with Gasteiger partial charge in [-0.05, 0) is 30.9 Å². The highest BCUT2D eigenvalue weighted by molar-refractivity contribution is 14.0. The van der Waals surface area contributed by atoms with E-state index in [4.69, 9.17) is 0 Å². The fraction of sp³-hybridized carbons (Fsp3) is 0.562. The van der Waals surface area contributed by atoms with Crippen molar-refractivity contribution in [2.45, 2.75) is 24.7 Å². The van der Waals surface area contributed by atoms with Gasteiger partial charge in [-0.1, -0.05) is 25.1 Å². The maximum atomic E-state index is 4.38. The van der Waals surface area contributed by atoms with Gasteiger partial charge in [-0.3, -0.25) is 4.99 Å². The molecule has 21 heavy (non-hydrogen) atoms. The van der Waals surface area contributed by atoms with E-state index in [1.807, 2.05) is 18.8 Å². The smallest absolute Gasteiger partial charge is 0.193 e. The number of thioether (sulfide) groups is 1. The summed E-state index contributed by atoms with van der Waals surface area (Å²) >= 11 is 1.97. The van der Waals surface area contributed by atoms with Gasteiger partial charge in [0.2, 0.25) is 0 Å². The van der Waals surface area contributed by atoms with Crippen molar-refractivity contribution in [1.29, 1.82) is 0 Å². The lowest BCUT2D eigenvalue weighted by atomic mass is 10.2. The van der Waals surface area contributed by atoms with E-state index >= 15 is 0 Å². The predicted octanol–water partition coefficient (Wildman–Crippen LogP) is 3.70. The quantitative estimate of drug-likeness (QED) is 0.341. The van der Waals surface area contributed by atoms with E-state index in [9.17, 15) is 0 Å². The standard InChI is InChI=1S/C16H25N3S.HI/c1-3-10-18-16(17-2)19-11-9-14(12-19)13-20-15-7-5-4-6-8-15;/h4-8,14H,3,9-13H2,1-2H3,(H,17,18);1H. The van der Waals surface area contributed by atoms with E-state index in [1.54, 1.807) is 0 Å². The van der Waals surface area contributed by atoms with Crippen LogP contribution in [0.5, 0.6) is 0 Å². The number of nitrogens with one attached hydrogen (secondary N) is 1. The fourth-order valence-corrected chi connectivity index (χ4v) is 3.51. The summed E-state index contributed by atoms with van der Waals surface area (Å²) < 4.78 is 0. The van der Waals surface area contributed by atoms with Crippen molar-refractivity contribution in [1.82, 2.24) is 10.2 Å². The number of halogens is 1. The van der Waals surface area contributed by atoms with Gasteiger partial charge in [0.25, 0.3) is 0 Å². The Morgan fingerprint density at radius 1 is 1.38 bits per heavy atom.